The molecule has 0 bridgehead atoms. The number of ether oxygens (including phenoxy) is 1. The minimum Gasteiger partial charge on any atom is -0.450 e. The van der Waals surface area contributed by atoms with Crippen LogP contribution in [0.2, 0.25) is 0 Å². The van der Waals surface area contributed by atoms with E-state index in [9.17, 15) is 9.59 Å². The first-order valence-corrected chi connectivity index (χ1v) is 4.60. The standard InChI is InChI=1S/C9H18N2O3/c1-5-14-9(13)11(4)7(6(2)3)8(10)12/h6-7H,5H2,1-4H3,(H2,10,12). The van der Waals surface area contributed by atoms with Crippen molar-refractivity contribution in [1.82, 2.24) is 4.90 Å². The van der Waals surface area contributed by atoms with E-state index >= 15 is 0 Å². The number of likely N-dealkylation sites (N-methyl/N-ethyl adjacent to an activating group) is 1. The molecule has 5 nitrogen and oxygen atoms in total. The van der Waals surface area contributed by atoms with Crippen LogP contribution in [0.5, 0.6) is 0 Å². The third kappa shape index (κ3) is 3.24. The molecule has 0 aliphatic rings. The predicted molar refractivity (Wildman–Crippen MR) is 52.6 cm³/mol. The van der Waals surface area contributed by atoms with E-state index in [1.165, 1.54) is 11.9 Å². The van der Waals surface area contributed by atoms with Crippen LogP contribution in [0.1, 0.15) is 20.8 Å². The highest BCUT2D eigenvalue weighted by molar-refractivity contribution is 5.84. The molecule has 0 aromatic heterocycles. The van der Waals surface area contributed by atoms with Gasteiger partial charge in [-0.2, -0.15) is 0 Å². The Bertz CT molecular complexity index is 216. The van der Waals surface area contributed by atoms with Gasteiger partial charge in [-0.15, -0.1) is 0 Å². The molecule has 0 rings (SSSR count). The van der Waals surface area contributed by atoms with Gasteiger partial charge in [-0.1, -0.05) is 13.8 Å². The predicted octanol–water partition coefficient (Wildman–Crippen LogP) is 0.585. The zero-order valence-corrected chi connectivity index (χ0v) is 9.11. The maximum Gasteiger partial charge on any atom is 0.410 e. The molecule has 2 N–H and O–H groups in total. The summed E-state index contributed by atoms with van der Waals surface area (Å²) >= 11 is 0. The number of nitrogens with zero attached hydrogens (tertiary/aromatic N) is 1. The third-order valence-electron chi connectivity index (χ3n) is 1.90. The molecule has 0 aromatic carbocycles. The van der Waals surface area contributed by atoms with Crippen molar-refractivity contribution < 1.29 is 14.3 Å². The molecule has 0 spiro atoms. The van der Waals surface area contributed by atoms with E-state index in [1.807, 2.05) is 13.8 Å². The van der Waals surface area contributed by atoms with Gasteiger partial charge in [0, 0.05) is 7.05 Å². The molecule has 0 fully saturated rings. The van der Waals surface area contributed by atoms with Gasteiger partial charge in [0.15, 0.2) is 0 Å². The Labute approximate surface area is 84.2 Å². The van der Waals surface area contributed by atoms with Crippen LogP contribution in [0.25, 0.3) is 0 Å². The monoisotopic (exact) mass is 202 g/mol. The van der Waals surface area contributed by atoms with Gasteiger partial charge in [0.05, 0.1) is 6.61 Å². The minimum absolute atomic E-state index is 0.0260. The summed E-state index contributed by atoms with van der Waals surface area (Å²) in [6.45, 7) is 5.64. The van der Waals surface area contributed by atoms with Crippen LogP contribution in [0.15, 0.2) is 0 Å². The van der Waals surface area contributed by atoms with Crippen molar-refractivity contribution in [2.75, 3.05) is 13.7 Å². The molecule has 1 atom stereocenters. The fraction of sp³-hybridized carbons (Fsp3) is 0.778. The van der Waals surface area contributed by atoms with E-state index in [-0.39, 0.29) is 12.5 Å². The minimum atomic E-state index is -0.617. The van der Waals surface area contributed by atoms with Crippen LogP contribution < -0.4 is 5.73 Å². The van der Waals surface area contributed by atoms with Crippen molar-refractivity contribution in [3.8, 4) is 0 Å². The molecule has 2 amide bonds. The first-order chi connectivity index (χ1) is 6.41. The largest absolute Gasteiger partial charge is 0.450 e. The summed E-state index contributed by atoms with van der Waals surface area (Å²) in [6, 6.07) is -0.617. The van der Waals surface area contributed by atoms with Gasteiger partial charge >= 0.3 is 6.09 Å². The Balaban J connectivity index is 4.51. The lowest BCUT2D eigenvalue weighted by Crippen LogP contribution is -2.48. The molecule has 0 aliphatic heterocycles. The van der Waals surface area contributed by atoms with Gasteiger partial charge in [-0.25, -0.2) is 4.79 Å². The van der Waals surface area contributed by atoms with E-state index in [0.29, 0.717) is 0 Å². The normalized spacial score (nSPS) is 12.4. The van der Waals surface area contributed by atoms with Gasteiger partial charge in [0.25, 0.3) is 0 Å². The summed E-state index contributed by atoms with van der Waals surface area (Å²) in [5.41, 5.74) is 5.18. The average molecular weight is 202 g/mol. The summed E-state index contributed by atoms with van der Waals surface area (Å²) in [7, 11) is 1.51. The Hall–Kier alpha value is -1.26. The van der Waals surface area contributed by atoms with Crippen LogP contribution in [-0.4, -0.2) is 36.6 Å². The molecule has 0 aromatic rings. The third-order valence-corrected chi connectivity index (χ3v) is 1.90. The quantitative estimate of drug-likeness (QED) is 0.725. The molecule has 82 valence electrons. The highest BCUT2D eigenvalue weighted by Gasteiger charge is 2.28. The Morgan fingerprint density at radius 2 is 1.93 bits per heavy atom. The van der Waals surface area contributed by atoms with Crippen LogP contribution in [0.4, 0.5) is 4.79 Å². The van der Waals surface area contributed by atoms with Crippen molar-refractivity contribution in [3.63, 3.8) is 0 Å². The van der Waals surface area contributed by atoms with Crippen LogP contribution >= 0.6 is 0 Å². The zero-order valence-electron chi connectivity index (χ0n) is 9.11. The maximum absolute atomic E-state index is 11.3. The SMILES string of the molecule is CCOC(=O)N(C)C(C(N)=O)C(C)C. The highest BCUT2D eigenvalue weighted by atomic mass is 16.6. The van der Waals surface area contributed by atoms with Gasteiger partial charge < -0.3 is 10.5 Å². The number of carbonyl (C=O) groups excluding carboxylic acids is 2. The van der Waals surface area contributed by atoms with Gasteiger partial charge in [-0.05, 0) is 12.8 Å². The molecule has 0 saturated carbocycles. The second kappa shape index (κ2) is 5.47. The second-order valence-electron chi connectivity index (χ2n) is 3.40. The average Bonchev–Trinajstić information content (AvgIpc) is 2.03. The second-order valence-corrected chi connectivity index (χ2v) is 3.40. The smallest absolute Gasteiger partial charge is 0.410 e. The maximum atomic E-state index is 11.3. The number of carbonyl (C=O) groups is 2. The molecule has 0 aliphatic carbocycles. The highest BCUT2D eigenvalue weighted by Crippen LogP contribution is 2.09. The van der Waals surface area contributed by atoms with Crippen molar-refractivity contribution in [2.24, 2.45) is 11.7 Å². The fourth-order valence-electron chi connectivity index (χ4n) is 1.31. The Morgan fingerprint density at radius 3 is 2.21 bits per heavy atom. The van der Waals surface area contributed by atoms with Crippen molar-refractivity contribution in [2.45, 2.75) is 26.8 Å². The van der Waals surface area contributed by atoms with E-state index < -0.39 is 18.0 Å². The first kappa shape index (κ1) is 12.7. The summed E-state index contributed by atoms with van der Waals surface area (Å²) in [4.78, 5) is 23.6. The van der Waals surface area contributed by atoms with Crippen molar-refractivity contribution in [1.29, 1.82) is 0 Å². The molecule has 0 saturated heterocycles. The van der Waals surface area contributed by atoms with Crippen LogP contribution in [-0.2, 0) is 9.53 Å². The van der Waals surface area contributed by atoms with E-state index in [4.69, 9.17) is 10.5 Å². The number of hydrogen-bond acceptors (Lipinski definition) is 3. The zero-order chi connectivity index (χ0) is 11.3. The number of amides is 2. The number of rotatable bonds is 4. The first-order valence-electron chi connectivity index (χ1n) is 4.60. The number of nitrogens with two attached hydrogens (primary N) is 1. The molecule has 1 unspecified atom stereocenters. The van der Waals surface area contributed by atoms with Crippen molar-refractivity contribution in [3.05, 3.63) is 0 Å². The van der Waals surface area contributed by atoms with Gasteiger partial charge in [0.1, 0.15) is 6.04 Å². The summed E-state index contributed by atoms with van der Waals surface area (Å²) < 4.78 is 4.76. The molecule has 14 heavy (non-hydrogen) atoms. The fourth-order valence-corrected chi connectivity index (χ4v) is 1.31. The summed E-state index contributed by atoms with van der Waals surface area (Å²) in [6.07, 6.45) is -0.523. The molecular weight excluding hydrogens is 184 g/mol. The topological polar surface area (TPSA) is 72.6 Å². The molecule has 0 heterocycles. The van der Waals surface area contributed by atoms with Crippen LogP contribution in [0, 0.1) is 5.92 Å². The lowest BCUT2D eigenvalue weighted by molar-refractivity contribution is -0.123. The Morgan fingerprint density at radius 1 is 1.43 bits per heavy atom. The molecule has 5 heteroatoms. The van der Waals surface area contributed by atoms with Crippen molar-refractivity contribution >= 4 is 12.0 Å². The van der Waals surface area contributed by atoms with E-state index in [2.05, 4.69) is 0 Å². The van der Waals surface area contributed by atoms with Gasteiger partial charge in [0.2, 0.25) is 5.91 Å². The van der Waals surface area contributed by atoms with E-state index in [1.54, 1.807) is 6.92 Å². The lowest BCUT2D eigenvalue weighted by atomic mass is 10.0. The number of primary amides is 1. The summed E-state index contributed by atoms with van der Waals surface area (Å²) in [5.74, 6) is -0.544. The van der Waals surface area contributed by atoms with Crippen LogP contribution in [0.3, 0.4) is 0 Å². The molecule has 0 radical (unpaired) electrons. The Kier molecular flexibility index (Phi) is 4.97. The van der Waals surface area contributed by atoms with Gasteiger partial charge in [-0.3, -0.25) is 9.69 Å². The molecular formula is C9H18N2O3. The van der Waals surface area contributed by atoms with E-state index in [0.717, 1.165) is 0 Å². The summed E-state index contributed by atoms with van der Waals surface area (Å²) in [5, 5.41) is 0. The lowest BCUT2D eigenvalue weighted by Gasteiger charge is -2.27. The number of hydrogen-bond donors (Lipinski definition) is 1.